The minimum absolute atomic E-state index is 0.109. The van der Waals surface area contributed by atoms with E-state index in [9.17, 15) is 9.59 Å². The van der Waals surface area contributed by atoms with Crippen molar-refractivity contribution in [2.45, 2.75) is 51.0 Å². The fourth-order valence-corrected chi connectivity index (χ4v) is 4.69. The molecule has 2 atom stereocenters. The van der Waals surface area contributed by atoms with E-state index in [1.165, 1.54) is 25.7 Å². The van der Waals surface area contributed by atoms with E-state index < -0.39 is 0 Å². The summed E-state index contributed by atoms with van der Waals surface area (Å²) < 4.78 is 1.93. The van der Waals surface area contributed by atoms with E-state index in [0.717, 1.165) is 38.2 Å². The second kappa shape index (κ2) is 5.56. The van der Waals surface area contributed by atoms with Crippen LogP contribution in [0.3, 0.4) is 0 Å². The average molecular weight is 300 g/mol. The van der Waals surface area contributed by atoms with Crippen molar-refractivity contribution in [2.24, 2.45) is 11.8 Å². The minimum Gasteiger partial charge on any atom is -0.342 e. The van der Waals surface area contributed by atoms with Gasteiger partial charge in [-0.15, -0.1) is 0 Å². The number of carbonyl (C=O) groups is 1. The Morgan fingerprint density at radius 3 is 2.77 bits per heavy atom. The summed E-state index contributed by atoms with van der Waals surface area (Å²) in [6, 6.07) is 5.56. The van der Waals surface area contributed by atoms with Crippen LogP contribution >= 0.6 is 0 Å². The minimum atomic E-state index is 0.109. The standard InChI is InChI=1S/C18H24N2O2/c21-17-7-3-6-16-15-8-14(11-20(16)17)10-19(12-15)18(22)9-13-4-1-2-5-13/h3,6-7,13-15H,1-2,4-5,8-12H2. The molecular formula is C18H24N2O2. The van der Waals surface area contributed by atoms with Gasteiger partial charge < -0.3 is 9.47 Å². The van der Waals surface area contributed by atoms with Crippen LogP contribution < -0.4 is 5.56 Å². The van der Waals surface area contributed by atoms with Gasteiger partial charge in [0.2, 0.25) is 5.91 Å². The summed E-state index contributed by atoms with van der Waals surface area (Å²) in [6.45, 7) is 2.41. The summed E-state index contributed by atoms with van der Waals surface area (Å²) in [5.74, 6) is 1.74. The lowest BCUT2D eigenvalue weighted by molar-refractivity contribution is -0.134. The first-order valence-corrected chi connectivity index (χ1v) is 8.68. The molecule has 2 fully saturated rings. The van der Waals surface area contributed by atoms with Gasteiger partial charge in [-0.05, 0) is 37.2 Å². The largest absolute Gasteiger partial charge is 0.342 e. The molecule has 3 heterocycles. The molecule has 2 bridgehead atoms. The SMILES string of the molecule is O=C(CC1CCCC1)N1CC2CC(C1)c1cccc(=O)n1C2. The van der Waals surface area contributed by atoms with Crippen LogP contribution in [0.15, 0.2) is 23.0 Å². The van der Waals surface area contributed by atoms with Crippen molar-refractivity contribution < 1.29 is 4.79 Å². The molecule has 2 aliphatic heterocycles. The number of fused-ring (bicyclic) bond motifs is 4. The van der Waals surface area contributed by atoms with E-state index in [-0.39, 0.29) is 5.56 Å². The molecule has 0 N–H and O–H groups in total. The van der Waals surface area contributed by atoms with Gasteiger partial charge in [-0.2, -0.15) is 0 Å². The summed E-state index contributed by atoms with van der Waals surface area (Å²) >= 11 is 0. The van der Waals surface area contributed by atoms with Crippen molar-refractivity contribution in [3.63, 3.8) is 0 Å². The van der Waals surface area contributed by atoms with Gasteiger partial charge in [0.05, 0.1) is 0 Å². The summed E-state index contributed by atoms with van der Waals surface area (Å²) in [7, 11) is 0. The van der Waals surface area contributed by atoms with Crippen molar-refractivity contribution in [1.82, 2.24) is 9.47 Å². The highest BCUT2D eigenvalue weighted by Gasteiger charge is 2.36. The smallest absolute Gasteiger partial charge is 0.250 e. The molecule has 118 valence electrons. The van der Waals surface area contributed by atoms with Crippen molar-refractivity contribution in [3.05, 3.63) is 34.2 Å². The fraction of sp³-hybridized carbons (Fsp3) is 0.667. The van der Waals surface area contributed by atoms with Crippen LogP contribution in [0.4, 0.5) is 0 Å². The second-order valence-corrected chi connectivity index (χ2v) is 7.35. The third-order valence-corrected chi connectivity index (χ3v) is 5.77. The van der Waals surface area contributed by atoms with Crippen LogP contribution in [0, 0.1) is 11.8 Å². The molecule has 1 saturated carbocycles. The topological polar surface area (TPSA) is 42.3 Å². The summed E-state index contributed by atoms with van der Waals surface area (Å²) in [5, 5.41) is 0. The number of pyridine rings is 1. The Bertz CT molecular complexity index is 630. The van der Waals surface area contributed by atoms with E-state index in [0.29, 0.717) is 23.7 Å². The van der Waals surface area contributed by atoms with E-state index in [1.54, 1.807) is 6.07 Å². The predicted octanol–water partition coefficient (Wildman–Crippen LogP) is 2.37. The van der Waals surface area contributed by atoms with Crippen LogP contribution in [-0.4, -0.2) is 28.5 Å². The van der Waals surface area contributed by atoms with Crippen LogP contribution in [0.5, 0.6) is 0 Å². The maximum atomic E-state index is 12.6. The van der Waals surface area contributed by atoms with Crippen molar-refractivity contribution in [3.8, 4) is 0 Å². The van der Waals surface area contributed by atoms with Crippen molar-refractivity contribution in [1.29, 1.82) is 0 Å². The lowest BCUT2D eigenvalue weighted by atomic mass is 9.83. The molecule has 4 nitrogen and oxygen atoms in total. The number of nitrogens with zero attached hydrogens (tertiary/aromatic N) is 2. The van der Waals surface area contributed by atoms with E-state index in [2.05, 4.69) is 11.0 Å². The van der Waals surface area contributed by atoms with Crippen LogP contribution in [0.25, 0.3) is 0 Å². The zero-order chi connectivity index (χ0) is 15.1. The van der Waals surface area contributed by atoms with Crippen molar-refractivity contribution >= 4 is 5.91 Å². The summed E-state index contributed by atoms with van der Waals surface area (Å²) in [5.41, 5.74) is 1.24. The van der Waals surface area contributed by atoms with Gasteiger partial charge in [0.25, 0.3) is 5.56 Å². The number of carbonyl (C=O) groups excluding carboxylic acids is 1. The maximum Gasteiger partial charge on any atom is 0.250 e. The molecule has 4 rings (SSSR count). The number of hydrogen-bond acceptors (Lipinski definition) is 2. The molecule has 4 heteroatoms. The molecule has 2 unspecified atom stereocenters. The van der Waals surface area contributed by atoms with Gasteiger partial charge in [0, 0.05) is 43.7 Å². The molecule has 3 aliphatic rings. The molecule has 1 amide bonds. The van der Waals surface area contributed by atoms with Crippen molar-refractivity contribution in [2.75, 3.05) is 13.1 Å². The van der Waals surface area contributed by atoms with Gasteiger partial charge >= 0.3 is 0 Å². The van der Waals surface area contributed by atoms with Gasteiger partial charge in [-0.1, -0.05) is 18.9 Å². The molecule has 0 spiro atoms. The number of piperidine rings is 1. The molecule has 1 aliphatic carbocycles. The van der Waals surface area contributed by atoms with E-state index in [4.69, 9.17) is 0 Å². The molecule has 1 saturated heterocycles. The first kappa shape index (κ1) is 14.0. The van der Waals surface area contributed by atoms with Crippen LogP contribution in [0.2, 0.25) is 0 Å². The first-order chi connectivity index (χ1) is 10.7. The Labute approximate surface area is 131 Å². The highest BCUT2D eigenvalue weighted by Crippen LogP contribution is 2.36. The molecule has 1 aromatic rings. The van der Waals surface area contributed by atoms with Gasteiger partial charge in [0.1, 0.15) is 0 Å². The highest BCUT2D eigenvalue weighted by molar-refractivity contribution is 5.76. The Morgan fingerprint density at radius 2 is 1.95 bits per heavy atom. The third-order valence-electron chi connectivity index (χ3n) is 5.77. The lowest BCUT2D eigenvalue weighted by Crippen LogP contribution is -2.49. The average Bonchev–Trinajstić information content (AvgIpc) is 3.01. The Balaban J connectivity index is 1.51. The van der Waals surface area contributed by atoms with Crippen LogP contribution in [-0.2, 0) is 11.3 Å². The molecule has 22 heavy (non-hydrogen) atoms. The molecule has 0 radical (unpaired) electrons. The van der Waals surface area contributed by atoms with Crippen LogP contribution in [0.1, 0.15) is 50.1 Å². The fourth-order valence-electron chi connectivity index (χ4n) is 4.69. The Hall–Kier alpha value is -1.58. The molecular weight excluding hydrogens is 276 g/mol. The quantitative estimate of drug-likeness (QED) is 0.841. The van der Waals surface area contributed by atoms with Gasteiger partial charge in [-0.25, -0.2) is 0 Å². The maximum absolute atomic E-state index is 12.6. The highest BCUT2D eigenvalue weighted by atomic mass is 16.2. The third kappa shape index (κ3) is 2.49. The van der Waals surface area contributed by atoms with E-state index >= 15 is 0 Å². The summed E-state index contributed by atoms with van der Waals surface area (Å²) in [6.07, 6.45) is 6.89. The molecule has 1 aromatic heterocycles. The normalized spacial score (nSPS) is 27.7. The Morgan fingerprint density at radius 1 is 1.14 bits per heavy atom. The number of hydrogen-bond donors (Lipinski definition) is 0. The number of aromatic nitrogens is 1. The van der Waals surface area contributed by atoms with E-state index in [1.807, 2.05) is 10.6 Å². The monoisotopic (exact) mass is 300 g/mol. The number of rotatable bonds is 2. The van der Waals surface area contributed by atoms with Gasteiger partial charge in [0.15, 0.2) is 0 Å². The van der Waals surface area contributed by atoms with Gasteiger partial charge in [-0.3, -0.25) is 9.59 Å². The first-order valence-electron chi connectivity index (χ1n) is 8.68. The zero-order valence-corrected chi connectivity index (χ0v) is 13.0. The lowest BCUT2D eigenvalue weighted by Gasteiger charge is -2.43. The second-order valence-electron chi connectivity index (χ2n) is 7.35. The predicted molar refractivity (Wildman–Crippen MR) is 84.7 cm³/mol. The Kier molecular flexibility index (Phi) is 3.55. The zero-order valence-electron chi connectivity index (χ0n) is 13.0. The molecule has 0 aromatic carbocycles. The number of likely N-dealkylation sites (tertiary alicyclic amines) is 1. The number of amides is 1. The summed E-state index contributed by atoms with van der Waals surface area (Å²) in [4.78, 5) is 26.7.